The maximum absolute atomic E-state index is 13.2. The number of nitrogens with one attached hydrogen (secondary N) is 1. The normalized spacial score (nSPS) is 14.5. The van der Waals surface area contributed by atoms with E-state index in [0.29, 0.717) is 33.5 Å². The van der Waals surface area contributed by atoms with Gasteiger partial charge in [0.05, 0.1) is 12.8 Å². The molecule has 1 aliphatic heterocycles. The van der Waals surface area contributed by atoms with Crippen LogP contribution in [0.3, 0.4) is 0 Å². The summed E-state index contributed by atoms with van der Waals surface area (Å²) >= 11 is 12.3. The van der Waals surface area contributed by atoms with Gasteiger partial charge in [-0.25, -0.2) is 9.69 Å². The van der Waals surface area contributed by atoms with E-state index < -0.39 is 17.8 Å². The lowest BCUT2D eigenvalue weighted by Gasteiger charge is -2.26. The van der Waals surface area contributed by atoms with Crippen molar-refractivity contribution in [2.75, 3.05) is 12.0 Å². The number of anilines is 1. The second-order valence-electron chi connectivity index (χ2n) is 8.02. The summed E-state index contributed by atoms with van der Waals surface area (Å²) in [5.74, 6) is -0.708. The molecule has 188 valence electrons. The molecule has 7 nitrogen and oxygen atoms in total. The predicted molar refractivity (Wildman–Crippen MR) is 143 cm³/mol. The average Bonchev–Trinajstić information content (AvgIpc) is 2.86. The summed E-state index contributed by atoms with van der Waals surface area (Å²) in [5.41, 5.74) is 2.03. The van der Waals surface area contributed by atoms with Gasteiger partial charge in [0.15, 0.2) is 11.5 Å². The van der Waals surface area contributed by atoms with E-state index >= 15 is 0 Å². The number of nitrogens with zero attached hydrogens (tertiary/aromatic N) is 1. The van der Waals surface area contributed by atoms with E-state index in [9.17, 15) is 14.4 Å². The maximum atomic E-state index is 13.2. The van der Waals surface area contributed by atoms with Gasteiger partial charge in [-0.3, -0.25) is 14.9 Å². The number of urea groups is 1. The summed E-state index contributed by atoms with van der Waals surface area (Å²) in [4.78, 5) is 39.2. The maximum Gasteiger partial charge on any atom is 0.335 e. The van der Waals surface area contributed by atoms with Gasteiger partial charge in [-0.1, -0.05) is 53.5 Å². The minimum absolute atomic E-state index is 0.207. The zero-order chi connectivity index (χ0) is 26.5. The van der Waals surface area contributed by atoms with Gasteiger partial charge in [0.25, 0.3) is 11.8 Å². The number of imide groups is 2. The fraction of sp³-hybridized carbons (Fsp3) is 0.107. The van der Waals surface area contributed by atoms with Crippen LogP contribution >= 0.6 is 23.2 Å². The van der Waals surface area contributed by atoms with E-state index in [2.05, 4.69) is 11.9 Å². The molecule has 3 aromatic rings. The van der Waals surface area contributed by atoms with Gasteiger partial charge in [-0.15, -0.1) is 6.58 Å². The molecule has 1 fully saturated rings. The Bertz CT molecular complexity index is 1430. The van der Waals surface area contributed by atoms with Crippen molar-refractivity contribution in [3.63, 3.8) is 0 Å². The van der Waals surface area contributed by atoms with Crippen LogP contribution in [0.4, 0.5) is 10.5 Å². The van der Waals surface area contributed by atoms with Crippen LogP contribution in [0.25, 0.3) is 6.08 Å². The molecule has 0 aromatic heterocycles. The number of hydrogen-bond acceptors (Lipinski definition) is 5. The third kappa shape index (κ3) is 5.69. The zero-order valence-electron chi connectivity index (χ0n) is 19.8. The number of methoxy groups -OCH3 is 1. The number of rotatable bonds is 8. The Morgan fingerprint density at radius 1 is 1.00 bits per heavy atom. The number of benzene rings is 3. The molecule has 1 aliphatic rings. The van der Waals surface area contributed by atoms with Crippen LogP contribution in [0.5, 0.6) is 11.5 Å². The van der Waals surface area contributed by atoms with Crippen LogP contribution in [-0.4, -0.2) is 25.0 Å². The fourth-order valence-corrected chi connectivity index (χ4v) is 4.20. The molecule has 0 aliphatic carbocycles. The zero-order valence-corrected chi connectivity index (χ0v) is 21.3. The molecule has 1 N–H and O–H groups in total. The molecule has 4 amide bonds. The van der Waals surface area contributed by atoms with Gasteiger partial charge in [-0.05, 0) is 54.5 Å². The first kappa shape index (κ1) is 26.0. The lowest BCUT2D eigenvalue weighted by Crippen LogP contribution is -2.54. The molecule has 0 unspecified atom stereocenters. The number of hydrogen-bond donors (Lipinski definition) is 1. The SMILES string of the molecule is C=CCc1cc(/C=C2\C(=O)NC(=O)N(c3cccc(Cl)c3)C2=O)cc(OC)c1OCc1ccccc1Cl. The van der Waals surface area contributed by atoms with E-state index in [0.717, 1.165) is 16.0 Å². The van der Waals surface area contributed by atoms with Gasteiger partial charge in [0.1, 0.15) is 12.2 Å². The van der Waals surface area contributed by atoms with Crippen molar-refractivity contribution in [3.8, 4) is 11.5 Å². The Morgan fingerprint density at radius 2 is 1.78 bits per heavy atom. The van der Waals surface area contributed by atoms with Gasteiger partial charge < -0.3 is 9.47 Å². The van der Waals surface area contributed by atoms with Gasteiger partial charge in [0, 0.05) is 21.2 Å². The Balaban J connectivity index is 1.71. The van der Waals surface area contributed by atoms with Gasteiger partial charge in [-0.2, -0.15) is 0 Å². The summed E-state index contributed by atoms with van der Waals surface area (Å²) in [6.07, 6.45) is 3.53. The van der Waals surface area contributed by atoms with E-state index in [1.807, 2.05) is 18.2 Å². The topological polar surface area (TPSA) is 84.9 Å². The third-order valence-corrected chi connectivity index (χ3v) is 6.15. The van der Waals surface area contributed by atoms with Crippen molar-refractivity contribution >= 4 is 52.8 Å². The van der Waals surface area contributed by atoms with Gasteiger partial charge >= 0.3 is 6.03 Å². The Morgan fingerprint density at radius 3 is 2.49 bits per heavy atom. The number of carbonyl (C=O) groups is 3. The molecule has 0 atom stereocenters. The monoisotopic (exact) mass is 536 g/mol. The molecule has 9 heteroatoms. The minimum atomic E-state index is -0.859. The highest BCUT2D eigenvalue weighted by molar-refractivity contribution is 6.39. The molecule has 37 heavy (non-hydrogen) atoms. The van der Waals surface area contributed by atoms with Crippen LogP contribution in [0.15, 0.2) is 78.9 Å². The highest BCUT2D eigenvalue weighted by Gasteiger charge is 2.37. The standard InChI is InChI=1S/C28H22Cl2N2O5/c1-3-7-18-12-17(14-24(36-2)25(18)37-16-19-8-4-5-11-23(19)30)13-22-26(33)31-28(35)32(27(22)34)21-10-6-9-20(29)15-21/h3-6,8-15H,1,7,16H2,2H3,(H,31,33,35)/b22-13+. The Hall–Kier alpha value is -4.07. The summed E-state index contributed by atoms with van der Waals surface area (Å²) in [7, 11) is 1.49. The van der Waals surface area contributed by atoms with Crippen molar-refractivity contribution in [1.82, 2.24) is 5.32 Å². The summed E-state index contributed by atoms with van der Waals surface area (Å²) < 4.78 is 11.6. The molecular weight excluding hydrogens is 515 g/mol. The number of allylic oxidation sites excluding steroid dienone is 1. The highest BCUT2D eigenvalue weighted by Crippen LogP contribution is 2.36. The van der Waals surface area contributed by atoms with Crippen molar-refractivity contribution < 1.29 is 23.9 Å². The van der Waals surface area contributed by atoms with Crippen molar-refractivity contribution in [2.45, 2.75) is 13.0 Å². The quantitative estimate of drug-likeness (QED) is 0.217. The average molecular weight is 537 g/mol. The lowest BCUT2D eigenvalue weighted by molar-refractivity contribution is -0.122. The van der Waals surface area contributed by atoms with Crippen LogP contribution in [-0.2, 0) is 22.6 Å². The van der Waals surface area contributed by atoms with E-state index in [1.165, 1.54) is 19.3 Å². The molecule has 3 aromatic carbocycles. The van der Waals surface area contributed by atoms with Gasteiger partial charge in [0.2, 0.25) is 0 Å². The Labute approximate surface area is 223 Å². The molecule has 0 spiro atoms. The number of barbiturate groups is 1. The smallest absolute Gasteiger partial charge is 0.335 e. The molecule has 1 saturated heterocycles. The van der Waals surface area contributed by atoms with E-state index in [4.69, 9.17) is 32.7 Å². The molecule has 0 radical (unpaired) electrons. The largest absolute Gasteiger partial charge is 0.493 e. The molecule has 1 heterocycles. The number of ether oxygens (including phenoxy) is 2. The second-order valence-corrected chi connectivity index (χ2v) is 8.87. The first-order valence-corrected chi connectivity index (χ1v) is 11.9. The molecule has 0 bridgehead atoms. The van der Waals surface area contributed by atoms with Crippen LogP contribution in [0.1, 0.15) is 16.7 Å². The predicted octanol–water partition coefficient (Wildman–Crippen LogP) is 5.98. The minimum Gasteiger partial charge on any atom is -0.493 e. The highest BCUT2D eigenvalue weighted by atomic mass is 35.5. The summed E-state index contributed by atoms with van der Waals surface area (Å²) in [6.45, 7) is 4.01. The third-order valence-electron chi connectivity index (χ3n) is 5.55. The van der Waals surface area contributed by atoms with Crippen molar-refractivity contribution in [1.29, 1.82) is 0 Å². The summed E-state index contributed by atoms with van der Waals surface area (Å²) in [6, 6.07) is 16.1. The van der Waals surface area contributed by atoms with Crippen LogP contribution in [0.2, 0.25) is 10.0 Å². The lowest BCUT2D eigenvalue weighted by atomic mass is 10.0. The number of carbonyl (C=O) groups excluding carboxylic acids is 3. The molecule has 0 saturated carbocycles. The Kier molecular flexibility index (Phi) is 7.96. The van der Waals surface area contributed by atoms with Crippen molar-refractivity contribution in [2.24, 2.45) is 0 Å². The first-order valence-electron chi connectivity index (χ1n) is 11.2. The van der Waals surface area contributed by atoms with Crippen LogP contribution < -0.4 is 19.7 Å². The number of amides is 4. The molecule has 4 rings (SSSR count). The van der Waals surface area contributed by atoms with Crippen molar-refractivity contribution in [3.05, 3.63) is 106 Å². The van der Waals surface area contributed by atoms with Crippen LogP contribution in [0, 0.1) is 0 Å². The van der Waals surface area contributed by atoms with E-state index in [1.54, 1.807) is 42.5 Å². The molecular formula is C28H22Cl2N2O5. The second kappa shape index (κ2) is 11.3. The fourth-order valence-electron chi connectivity index (χ4n) is 3.83. The van der Waals surface area contributed by atoms with E-state index in [-0.39, 0.29) is 17.9 Å². The first-order chi connectivity index (χ1) is 17.8. The number of halogens is 2. The summed E-state index contributed by atoms with van der Waals surface area (Å²) in [5, 5.41) is 3.12.